The van der Waals surface area contributed by atoms with Crippen LogP contribution >= 0.6 is 24.0 Å². The second-order valence-electron chi connectivity index (χ2n) is 1.28. The molecule has 0 unspecified atom stereocenters. The minimum absolute atomic E-state index is 0.153. The van der Waals surface area contributed by atoms with Gasteiger partial charge in [-0.15, -0.1) is 11.3 Å². The average Bonchev–Trinajstić information content (AvgIpc) is 2.12. The summed E-state index contributed by atoms with van der Waals surface area (Å²) in [5.74, 6) is 0. The molecular formula is C5H4OS2. The third-order valence-electron chi connectivity index (χ3n) is 0.732. The van der Waals surface area contributed by atoms with Crippen LogP contribution in [0.25, 0.3) is 0 Å². The second-order valence-corrected chi connectivity index (χ2v) is 2.64. The van der Waals surface area contributed by atoms with E-state index in [0.717, 1.165) is 0 Å². The van der Waals surface area contributed by atoms with Crippen LogP contribution in [0.2, 0.25) is 0 Å². The summed E-state index contributed by atoms with van der Waals surface area (Å²) in [6.07, 6.45) is 0. The highest BCUT2D eigenvalue weighted by molar-refractivity contribution is 7.97. The minimum atomic E-state index is -0.153. The van der Waals surface area contributed by atoms with Crippen molar-refractivity contribution in [3.63, 3.8) is 0 Å². The molecule has 0 aliphatic rings. The third-order valence-corrected chi connectivity index (χ3v) is 1.99. The molecule has 1 rings (SSSR count). The highest BCUT2D eigenvalue weighted by atomic mass is 32.1. The Hall–Kier alpha value is -0.280. The van der Waals surface area contributed by atoms with Gasteiger partial charge in [0.25, 0.3) is 0 Å². The van der Waals surface area contributed by atoms with Gasteiger partial charge < -0.3 is 0 Å². The predicted molar refractivity (Wildman–Crippen MR) is 37.6 cm³/mol. The van der Waals surface area contributed by atoms with Crippen LogP contribution in [0, 0.1) is 0 Å². The van der Waals surface area contributed by atoms with Gasteiger partial charge in [-0.3, -0.25) is 4.79 Å². The summed E-state index contributed by atoms with van der Waals surface area (Å²) in [7, 11) is 0. The molecule has 0 atom stereocenters. The van der Waals surface area contributed by atoms with E-state index in [1.165, 1.54) is 11.3 Å². The van der Waals surface area contributed by atoms with Crippen LogP contribution in [0.1, 0.15) is 9.67 Å². The minimum Gasteiger partial charge on any atom is -0.281 e. The zero-order valence-electron chi connectivity index (χ0n) is 4.00. The number of hydrogen-bond acceptors (Lipinski definition) is 2. The Balaban J connectivity index is 2.93. The summed E-state index contributed by atoms with van der Waals surface area (Å²) in [6.45, 7) is 0. The summed E-state index contributed by atoms with van der Waals surface area (Å²) in [5, 5.41) is 1.70. The van der Waals surface area contributed by atoms with Crippen molar-refractivity contribution < 1.29 is 4.79 Å². The highest BCUT2D eigenvalue weighted by Crippen LogP contribution is 2.09. The molecule has 0 saturated heterocycles. The van der Waals surface area contributed by atoms with Gasteiger partial charge >= 0.3 is 0 Å². The van der Waals surface area contributed by atoms with Crippen molar-refractivity contribution in [3.8, 4) is 0 Å². The Labute approximate surface area is 56.8 Å². The van der Waals surface area contributed by atoms with Gasteiger partial charge in [-0.05, 0) is 11.4 Å². The van der Waals surface area contributed by atoms with Gasteiger partial charge in [0.1, 0.15) is 0 Å². The molecule has 8 heavy (non-hydrogen) atoms. The van der Waals surface area contributed by atoms with E-state index in [4.69, 9.17) is 0 Å². The molecule has 1 nitrogen and oxygen atoms in total. The molecule has 0 aromatic carbocycles. The van der Waals surface area contributed by atoms with Crippen LogP contribution in [0.5, 0.6) is 0 Å². The quantitative estimate of drug-likeness (QED) is 0.595. The highest BCUT2D eigenvalue weighted by Gasteiger charge is 1.96. The maximum Gasteiger partial charge on any atom is 0.226 e. The van der Waals surface area contributed by atoms with Crippen molar-refractivity contribution in [2.24, 2.45) is 0 Å². The summed E-state index contributed by atoms with van der Waals surface area (Å²) in [6, 6.07) is 3.58. The number of hydrogen-bond donors (Lipinski definition) is 1. The van der Waals surface area contributed by atoms with Crippen molar-refractivity contribution >= 4 is 29.1 Å². The van der Waals surface area contributed by atoms with Crippen molar-refractivity contribution in [1.82, 2.24) is 0 Å². The lowest BCUT2D eigenvalue weighted by Gasteiger charge is -1.78. The molecule has 1 heterocycles. The van der Waals surface area contributed by atoms with Gasteiger partial charge in [0, 0.05) is 0 Å². The fourth-order valence-corrected chi connectivity index (χ4v) is 1.19. The van der Waals surface area contributed by atoms with E-state index in [1.807, 2.05) is 11.4 Å². The first-order valence-electron chi connectivity index (χ1n) is 2.07. The largest absolute Gasteiger partial charge is 0.281 e. The van der Waals surface area contributed by atoms with E-state index in [-0.39, 0.29) is 5.12 Å². The molecule has 3 heteroatoms. The normalized spacial score (nSPS) is 9.12. The zero-order chi connectivity index (χ0) is 5.98. The van der Waals surface area contributed by atoms with E-state index in [1.54, 1.807) is 6.07 Å². The van der Waals surface area contributed by atoms with Gasteiger partial charge in [-0.2, -0.15) is 0 Å². The topological polar surface area (TPSA) is 17.1 Å². The summed E-state index contributed by atoms with van der Waals surface area (Å²) >= 11 is 5.03. The third kappa shape index (κ3) is 1.11. The number of thiophene rings is 1. The summed E-state index contributed by atoms with van der Waals surface area (Å²) in [4.78, 5) is 11.1. The van der Waals surface area contributed by atoms with E-state index < -0.39 is 0 Å². The molecule has 0 bridgehead atoms. The van der Waals surface area contributed by atoms with E-state index in [9.17, 15) is 4.79 Å². The Bertz CT molecular complexity index is 178. The number of thiol groups is 1. The van der Waals surface area contributed by atoms with Gasteiger partial charge in [0.2, 0.25) is 5.12 Å². The smallest absolute Gasteiger partial charge is 0.226 e. The van der Waals surface area contributed by atoms with E-state index in [2.05, 4.69) is 12.6 Å². The predicted octanol–water partition coefficient (Wildman–Crippen LogP) is 1.82. The number of carbonyl (C=O) groups excluding carboxylic acids is 1. The molecule has 0 N–H and O–H groups in total. The Morgan fingerprint density at radius 2 is 2.50 bits per heavy atom. The lowest BCUT2D eigenvalue weighted by atomic mass is 10.5. The fraction of sp³-hybridized carbons (Fsp3) is 0. The summed E-state index contributed by atoms with van der Waals surface area (Å²) < 4.78 is 0. The first-order valence-corrected chi connectivity index (χ1v) is 3.40. The van der Waals surface area contributed by atoms with Crippen molar-refractivity contribution in [3.05, 3.63) is 22.4 Å². The molecule has 42 valence electrons. The van der Waals surface area contributed by atoms with Crippen LogP contribution in [0.15, 0.2) is 17.5 Å². The number of rotatable bonds is 1. The molecular weight excluding hydrogens is 140 g/mol. The standard InChI is InChI=1S/C5H4OS2/c6-5(7)4-2-1-3-8-4/h1-3H,(H,6,7). The average molecular weight is 144 g/mol. The van der Waals surface area contributed by atoms with Crippen LogP contribution in [0.3, 0.4) is 0 Å². The Morgan fingerprint density at radius 3 is 2.75 bits per heavy atom. The molecule has 0 aliphatic carbocycles. The van der Waals surface area contributed by atoms with Gasteiger partial charge in [0.05, 0.1) is 4.88 Å². The molecule has 0 amide bonds. The van der Waals surface area contributed by atoms with E-state index >= 15 is 0 Å². The van der Waals surface area contributed by atoms with Crippen LogP contribution < -0.4 is 0 Å². The second kappa shape index (κ2) is 2.33. The maximum atomic E-state index is 10.4. The number of carbonyl (C=O) groups is 1. The Kier molecular flexibility index (Phi) is 1.70. The fourth-order valence-electron chi connectivity index (χ4n) is 0.400. The van der Waals surface area contributed by atoms with Crippen LogP contribution in [-0.2, 0) is 0 Å². The van der Waals surface area contributed by atoms with Crippen molar-refractivity contribution in [2.45, 2.75) is 0 Å². The first-order chi connectivity index (χ1) is 3.80. The summed E-state index contributed by atoms with van der Waals surface area (Å²) in [5.41, 5.74) is 0. The lowest BCUT2D eigenvalue weighted by Crippen LogP contribution is -1.78. The van der Waals surface area contributed by atoms with Gasteiger partial charge in [0.15, 0.2) is 0 Å². The molecule has 1 aromatic heterocycles. The van der Waals surface area contributed by atoms with E-state index in [0.29, 0.717) is 4.88 Å². The van der Waals surface area contributed by atoms with Crippen molar-refractivity contribution in [2.75, 3.05) is 0 Å². The zero-order valence-corrected chi connectivity index (χ0v) is 5.71. The SMILES string of the molecule is O=C(S)c1cccs1. The molecule has 0 fully saturated rings. The first kappa shape index (κ1) is 5.85. The van der Waals surface area contributed by atoms with Gasteiger partial charge in [-0.1, -0.05) is 18.7 Å². The lowest BCUT2D eigenvalue weighted by molar-refractivity contribution is 0.109. The van der Waals surface area contributed by atoms with Gasteiger partial charge in [-0.25, -0.2) is 0 Å². The molecule has 1 aromatic rings. The molecule has 0 saturated carbocycles. The molecule has 0 spiro atoms. The Morgan fingerprint density at radius 1 is 1.75 bits per heavy atom. The molecule has 0 radical (unpaired) electrons. The molecule has 0 aliphatic heterocycles. The van der Waals surface area contributed by atoms with Crippen LogP contribution in [-0.4, -0.2) is 5.12 Å². The maximum absolute atomic E-state index is 10.4. The van der Waals surface area contributed by atoms with Crippen LogP contribution in [0.4, 0.5) is 0 Å². The monoisotopic (exact) mass is 144 g/mol. The van der Waals surface area contributed by atoms with Crippen molar-refractivity contribution in [1.29, 1.82) is 0 Å².